The number of Topliss-reactive ketones (excluding diaryl/α,β-unsaturated/α-hetero) is 1. The zero-order chi connectivity index (χ0) is 22.9. The zero-order valence-corrected chi connectivity index (χ0v) is 18.5. The lowest BCUT2D eigenvalue weighted by Gasteiger charge is -2.10. The summed E-state index contributed by atoms with van der Waals surface area (Å²) in [5.74, 6) is -1.19. The van der Waals surface area contributed by atoms with E-state index < -0.39 is 23.0 Å². The average molecular weight is 446 g/mol. The van der Waals surface area contributed by atoms with Gasteiger partial charge in [-0.05, 0) is 32.0 Å². The van der Waals surface area contributed by atoms with Crippen molar-refractivity contribution in [2.24, 2.45) is 14.1 Å². The minimum atomic E-state index is -0.728. The van der Waals surface area contributed by atoms with Crippen molar-refractivity contribution in [1.82, 2.24) is 18.7 Å². The number of carbonyl (C=O) groups is 2. The maximum Gasteiger partial charge on any atom is 0.338 e. The van der Waals surface area contributed by atoms with Crippen LogP contribution in [0.4, 0.5) is 5.82 Å². The first-order valence-electron chi connectivity index (χ1n) is 9.60. The van der Waals surface area contributed by atoms with Crippen molar-refractivity contribution in [3.05, 3.63) is 50.2 Å². The molecule has 0 bridgehead atoms. The number of nitrogens with two attached hydrogens (primary N) is 1. The molecule has 2 N–H and O–H groups in total. The average Bonchev–Trinajstić information content (AvgIpc) is 3.11. The van der Waals surface area contributed by atoms with Crippen LogP contribution >= 0.6 is 11.8 Å². The molecule has 0 aliphatic rings. The van der Waals surface area contributed by atoms with Crippen LogP contribution in [0.25, 0.3) is 11.0 Å². The van der Waals surface area contributed by atoms with Crippen molar-refractivity contribution in [3.63, 3.8) is 0 Å². The number of rotatable bonds is 7. The molecule has 11 heteroatoms. The van der Waals surface area contributed by atoms with Gasteiger partial charge in [-0.25, -0.2) is 14.6 Å². The molecule has 0 aliphatic heterocycles. The largest absolute Gasteiger partial charge is 0.462 e. The Morgan fingerprint density at radius 2 is 1.87 bits per heavy atom. The number of hydrogen-bond donors (Lipinski definition) is 1. The molecule has 164 valence electrons. The lowest BCUT2D eigenvalue weighted by molar-refractivity contribution is 0.0526. The Balaban J connectivity index is 1.92. The smallest absolute Gasteiger partial charge is 0.338 e. The van der Waals surface area contributed by atoms with Crippen molar-refractivity contribution in [3.8, 4) is 0 Å². The monoisotopic (exact) mass is 445 g/mol. The molecular weight excluding hydrogens is 422 g/mol. The Hall–Kier alpha value is -3.34. The fourth-order valence-electron chi connectivity index (χ4n) is 3.19. The van der Waals surface area contributed by atoms with Gasteiger partial charge in [0, 0.05) is 20.6 Å². The van der Waals surface area contributed by atoms with Crippen LogP contribution in [0.2, 0.25) is 0 Å². The number of thioether (sulfide) groups is 1. The van der Waals surface area contributed by atoms with Gasteiger partial charge >= 0.3 is 11.7 Å². The molecule has 0 atom stereocenters. The predicted molar refractivity (Wildman–Crippen MR) is 118 cm³/mol. The van der Waals surface area contributed by atoms with Gasteiger partial charge in [0.25, 0.3) is 5.56 Å². The Kier molecular flexibility index (Phi) is 6.34. The zero-order valence-electron chi connectivity index (χ0n) is 17.7. The summed E-state index contributed by atoms with van der Waals surface area (Å²) in [6.45, 7) is 4.54. The van der Waals surface area contributed by atoms with Crippen molar-refractivity contribution in [2.45, 2.75) is 25.5 Å². The molecule has 0 aliphatic carbocycles. The number of nitrogen functional groups attached to an aromatic ring is 1. The number of nitrogens with zero attached hydrogens (tertiary/aromatic N) is 4. The summed E-state index contributed by atoms with van der Waals surface area (Å²) in [6.07, 6.45) is 0. The molecule has 0 amide bonds. The Morgan fingerprint density at radius 1 is 1.16 bits per heavy atom. The molecule has 0 unspecified atom stereocenters. The van der Waals surface area contributed by atoms with E-state index >= 15 is 0 Å². The topological polar surface area (TPSA) is 131 Å². The summed E-state index contributed by atoms with van der Waals surface area (Å²) in [7, 11) is 2.70. The first kappa shape index (κ1) is 22.3. The molecule has 0 spiro atoms. The van der Waals surface area contributed by atoms with Crippen LogP contribution < -0.4 is 17.0 Å². The van der Waals surface area contributed by atoms with E-state index in [0.717, 1.165) is 26.4 Å². The fourth-order valence-corrected chi connectivity index (χ4v) is 4.14. The van der Waals surface area contributed by atoms with Crippen molar-refractivity contribution in [2.75, 3.05) is 18.1 Å². The van der Waals surface area contributed by atoms with E-state index in [2.05, 4.69) is 4.98 Å². The number of hydrogen-bond acceptors (Lipinski definition) is 8. The van der Waals surface area contributed by atoms with Gasteiger partial charge in [-0.1, -0.05) is 11.8 Å². The minimum Gasteiger partial charge on any atom is -0.462 e. The van der Waals surface area contributed by atoms with Gasteiger partial charge in [0.1, 0.15) is 11.4 Å². The second kappa shape index (κ2) is 8.80. The van der Waals surface area contributed by atoms with E-state index in [1.165, 1.54) is 14.1 Å². The van der Waals surface area contributed by atoms with E-state index in [-0.39, 0.29) is 23.7 Å². The molecule has 2 heterocycles. The molecule has 0 radical (unpaired) electrons. The molecule has 31 heavy (non-hydrogen) atoms. The Labute approximate surface area is 181 Å². The Morgan fingerprint density at radius 3 is 2.52 bits per heavy atom. The standard InChI is InChI=1S/C20H23N5O5S/c1-5-25-13-8-7-11(18(28)30-6-2)9-12(13)22-19(25)31-10-14(26)15-16(21)23(3)20(29)24(4)17(15)27/h7-9H,5-6,10,21H2,1-4H3. The normalized spacial score (nSPS) is 11.1. The number of esters is 1. The summed E-state index contributed by atoms with van der Waals surface area (Å²) in [6, 6.07) is 5.10. The quantitative estimate of drug-likeness (QED) is 0.326. The third-order valence-electron chi connectivity index (χ3n) is 4.86. The first-order valence-corrected chi connectivity index (χ1v) is 10.6. The van der Waals surface area contributed by atoms with Crippen LogP contribution in [0, 0.1) is 0 Å². The van der Waals surface area contributed by atoms with Gasteiger partial charge in [0.2, 0.25) is 0 Å². The van der Waals surface area contributed by atoms with Crippen molar-refractivity contribution in [1.29, 1.82) is 0 Å². The highest BCUT2D eigenvalue weighted by Crippen LogP contribution is 2.26. The van der Waals surface area contributed by atoms with Gasteiger partial charge in [-0.15, -0.1) is 0 Å². The summed E-state index contributed by atoms with van der Waals surface area (Å²) >= 11 is 1.15. The number of ketones is 1. The van der Waals surface area contributed by atoms with E-state index in [1.807, 2.05) is 11.5 Å². The maximum absolute atomic E-state index is 12.8. The molecule has 2 aromatic heterocycles. The van der Waals surface area contributed by atoms with Gasteiger partial charge in [-0.2, -0.15) is 0 Å². The van der Waals surface area contributed by atoms with Crippen LogP contribution in [-0.2, 0) is 25.4 Å². The maximum atomic E-state index is 12.8. The van der Waals surface area contributed by atoms with E-state index in [9.17, 15) is 19.2 Å². The minimum absolute atomic E-state index is 0.0916. The van der Waals surface area contributed by atoms with E-state index in [1.54, 1.807) is 25.1 Å². The van der Waals surface area contributed by atoms with Crippen LogP contribution in [-0.4, -0.2) is 42.8 Å². The highest BCUT2D eigenvalue weighted by molar-refractivity contribution is 7.99. The Bertz CT molecular complexity index is 1300. The molecule has 0 fully saturated rings. The predicted octanol–water partition coefficient (Wildman–Crippen LogP) is 1.19. The van der Waals surface area contributed by atoms with Crippen LogP contribution in [0.15, 0.2) is 32.9 Å². The number of aromatic nitrogens is 4. The fraction of sp³-hybridized carbons (Fsp3) is 0.350. The molecule has 0 saturated carbocycles. The number of carbonyl (C=O) groups excluding carboxylic acids is 2. The molecule has 1 aromatic carbocycles. The van der Waals surface area contributed by atoms with Gasteiger partial charge in [0.05, 0.1) is 29.0 Å². The third kappa shape index (κ3) is 4.00. The number of fused-ring (bicyclic) bond motifs is 1. The summed E-state index contributed by atoms with van der Waals surface area (Å²) in [5.41, 5.74) is 6.11. The van der Waals surface area contributed by atoms with Crippen LogP contribution in [0.5, 0.6) is 0 Å². The second-order valence-corrected chi connectivity index (χ2v) is 7.68. The van der Waals surface area contributed by atoms with E-state index in [4.69, 9.17) is 10.5 Å². The first-order chi connectivity index (χ1) is 14.7. The van der Waals surface area contributed by atoms with Gasteiger partial charge in [-0.3, -0.25) is 18.7 Å². The lowest BCUT2D eigenvalue weighted by atomic mass is 10.2. The number of ether oxygens (including phenoxy) is 1. The van der Waals surface area contributed by atoms with Crippen molar-refractivity contribution >= 4 is 40.4 Å². The molecule has 3 aromatic rings. The van der Waals surface area contributed by atoms with Gasteiger partial charge < -0.3 is 15.0 Å². The van der Waals surface area contributed by atoms with Crippen molar-refractivity contribution < 1.29 is 14.3 Å². The van der Waals surface area contributed by atoms with E-state index in [0.29, 0.717) is 22.8 Å². The summed E-state index contributed by atoms with van der Waals surface area (Å²) < 4.78 is 8.85. The lowest BCUT2D eigenvalue weighted by Crippen LogP contribution is -2.41. The van der Waals surface area contributed by atoms with Gasteiger partial charge in [0.15, 0.2) is 10.9 Å². The number of benzene rings is 1. The second-order valence-electron chi connectivity index (χ2n) is 6.74. The number of aryl methyl sites for hydroxylation is 1. The highest BCUT2D eigenvalue weighted by Gasteiger charge is 2.21. The molecular formula is C20H23N5O5S. The molecule has 0 saturated heterocycles. The number of anilines is 1. The highest BCUT2D eigenvalue weighted by atomic mass is 32.2. The number of imidazole rings is 1. The summed E-state index contributed by atoms with van der Waals surface area (Å²) in [4.78, 5) is 53.7. The summed E-state index contributed by atoms with van der Waals surface area (Å²) in [5, 5.41) is 0.562. The molecule has 10 nitrogen and oxygen atoms in total. The molecule has 3 rings (SSSR count). The van der Waals surface area contributed by atoms with Crippen LogP contribution in [0.3, 0.4) is 0 Å². The van der Waals surface area contributed by atoms with Crippen LogP contribution in [0.1, 0.15) is 34.6 Å². The third-order valence-corrected chi connectivity index (χ3v) is 5.84. The SMILES string of the molecule is CCOC(=O)c1ccc2c(c1)nc(SCC(=O)c1c(N)n(C)c(=O)n(C)c1=O)n2CC.